The molecule has 0 fully saturated rings. The molecule has 1 N–H and O–H groups in total. The first-order valence-corrected chi connectivity index (χ1v) is 7.27. The van der Waals surface area contributed by atoms with Crippen molar-refractivity contribution in [3.63, 3.8) is 0 Å². The van der Waals surface area contributed by atoms with Crippen LogP contribution in [0.1, 0.15) is 17.7 Å². The summed E-state index contributed by atoms with van der Waals surface area (Å²) in [5.74, 6) is 0.843. The van der Waals surface area contributed by atoms with E-state index < -0.39 is 0 Å². The van der Waals surface area contributed by atoms with E-state index in [1.807, 2.05) is 24.3 Å². The molecule has 0 aliphatic rings. The maximum absolute atomic E-state index is 11.6. The number of carbonyl (C=O) groups is 1. The number of nitrogens with one attached hydrogen (secondary N) is 1. The van der Waals surface area contributed by atoms with Gasteiger partial charge in [-0.3, -0.25) is 4.79 Å². The van der Waals surface area contributed by atoms with Crippen molar-refractivity contribution in [2.45, 2.75) is 12.8 Å². The highest BCUT2D eigenvalue weighted by Gasteiger charge is 2.03. The summed E-state index contributed by atoms with van der Waals surface area (Å²) in [6.45, 7) is 0.617. The van der Waals surface area contributed by atoms with Crippen LogP contribution in [0.4, 0.5) is 0 Å². The zero-order valence-electron chi connectivity index (χ0n) is 12.1. The molecule has 1 aromatic carbocycles. The number of hydrogen-bond donors (Lipinski definition) is 1. The molecular formula is C18H17NO3. The lowest BCUT2D eigenvalue weighted by Gasteiger charge is -2.00. The third kappa shape index (κ3) is 3.67. The van der Waals surface area contributed by atoms with E-state index in [0.717, 1.165) is 35.1 Å². The summed E-state index contributed by atoms with van der Waals surface area (Å²) >= 11 is 0. The Bertz CT molecular complexity index is 736. The summed E-state index contributed by atoms with van der Waals surface area (Å²) in [6, 6.07) is 11.8. The maximum atomic E-state index is 11.6. The van der Waals surface area contributed by atoms with Gasteiger partial charge in [0.05, 0.1) is 12.5 Å². The normalized spacial score (nSPS) is 11.3. The Hall–Kier alpha value is -2.75. The average Bonchev–Trinajstić information content (AvgIpc) is 3.18. The third-order valence-corrected chi connectivity index (χ3v) is 3.35. The van der Waals surface area contributed by atoms with Crippen LogP contribution in [0.5, 0.6) is 0 Å². The van der Waals surface area contributed by atoms with Crippen molar-refractivity contribution in [2.24, 2.45) is 0 Å². The largest absolute Gasteiger partial charge is 0.472 e. The lowest BCUT2D eigenvalue weighted by Crippen LogP contribution is -2.22. The molecule has 0 atom stereocenters. The van der Waals surface area contributed by atoms with Gasteiger partial charge in [0.1, 0.15) is 11.3 Å². The number of fused-ring (bicyclic) bond motifs is 1. The molecule has 4 nitrogen and oxygen atoms in total. The monoisotopic (exact) mass is 295 g/mol. The van der Waals surface area contributed by atoms with Gasteiger partial charge in [-0.15, -0.1) is 0 Å². The van der Waals surface area contributed by atoms with Gasteiger partial charge in [-0.25, -0.2) is 0 Å². The van der Waals surface area contributed by atoms with Gasteiger partial charge in [-0.2, -0.15) is 0 Å². The summed E-state index contributed by atoms with van der Waals surface area (Å²) in [4.78, 5) is 11.6. The van der Waals surface area contributed by atoms with Crippen LogP contribution >= 0.6 is 0 Å². The summed E-state index contributed by atoms with van der Waals surface area (Å²) in [7, 11) is 0. The second-order valence-corrected chi connectivity index (χ2v) is 5.04. The van der Waals surface area contributed by atoms with Gasteiger partial charge in [0.15, 0.2) is 0 Å². The van der Waals surface area contributed by atoms with Crippen molar-refractivity contribution < 1.29 is 13.6 Å². The molecule has 4 heteroatoms. The Kier molecular flexibility index (Phi) is 4.39. The van der Waals surface area contributed by atoms with Crippen molar-refractivity contribution in [1.29, 1.82) is 0 Å². The number of carbonyl (C=O) groups excluding carboxylic acids is 1. The van der Waals surface area contributed by atoms with Crippen LogP contribution in [0.25, 0.3) is 17.0 Å². The summed E-state index contributed by atoms with van der Waals surface area (Å²) in [6.07, 6.45) is 8.03. The van der Waals surface area contributed by atoms with Gasteiger partial charge in [0, 0.05) is 30.0 Å². The van der Waals surface area contributed by atoms with Crippen molar-refractivity contribution in [2.75, 3.05) is 6.54 Å². The topological polar surface area (TPSA) is 55.4 Å². The van der Waals surface area contributed by atoms with Crippen LogP contribution < -0.4 is 5.32 Å². The molecule has 1 amide bonds. The number of para-hydroxylation sites is 1. The minimum absolute atomic E-state index is 0.106. The van der Waals surface area contributed by atoms with Gasteiger partial charge < -0.3 is 14.2 Å². The summed E-state index contributed by atoms with van der Waals surface area (Å²) in [5.41, 5.74) is 1.78. The second-order valence-electron chi connectivity index (χ2n) is 5.04. The predicted octanol–water partition coefficient (Wildman–Crippen LogP) is 3.79. The molecule has 0 spiro atoms. The molecule has 2 aromatic heterocycles. The maximum Gasteiger partial charge on any atom is 0.244 e. The van der Waals surface area contributed by atoms with Crippen LogP contribution in [0, 0.1) is 0 Å². The highest BCUT2D eigenvalue weighted by molar-refractivity contribution is 5.91. The third-order valence-electron chi connectivity index (χ3n) is 3.35. The van der Waals surface area contributed by atoms with Crippen LogP contribution in [-0.4, -0.2) is 12.5 Å². The fraction of sp³-hybridized carbons (Fsp3) is 0.167. The summed E-state index contributed by atoms with van der Waals surface area (Å²) in [5, 5.41) is 3.97. The van der Waals surface area contributed by atoms with E-state index >= 15 is 0 Å². The molecular weight excluding hydrogens is 278 g/mol. The molecule has 0 bridgehead atoms. The molecule has 112 valence electrons. The van der Waals surface area contributed by atoms with E-state index in [1.54, 1.807) is 24.7 Å². The zero-order valence-corrected chi connectivity index (χ0v) is 12.1. The van der Waals surface area contributed by atoms with Gasteiger partial charge >= 0.3 is 0 Å². The molecule has 0 saturated carbocycles. The van der Waals surface area contributed by atoms with Crippen molar-refractivity contribution >= 4 is 23.0 Å². The highest BCUT2D eigenvalue weighted by Crippen LogP contribution is 2.19. The Morgan fingerprint density at radius 2 is 2.14 bits per heavy atom. The minimum Gasteiger partial charge on any atom is -0.472 e. The number of rotatable bonds is 6. The van der Waals surface area contributed by atoms with E-state index in [0.29, 0.717) is 6.54 Å². The lowest BCUT2D eigenvalue weighted by molar-refractivity contribution is -0.116. The number of benzene rings is 1. The van der Waals surface area contributed by atoms with Gasteiger partial charge in [0.2, 0.25) is 5.91 Å². The van der Waals surface area contributed by atoms with Crippen LogP contribution in [0.3, 0.4) is 0 Å². The van der Waals surface area contributed by atoms with Crippen molar-refractivity contribution in [1.82, 2.24) is 5.32 Å². The molecule has 0 aliphatic carbocycles. The molecule has 0 aliphatic heterocycles. The molecule has 3 rings (SSSR count). The van der Waals surface area contributed by atoms with Gasteiger partial charge in [-0.05, 0) is 30.7 Å². The van der Waals surface area contributed by atoms with E-state index in [2.05, 4.69) is 11.4 Å². The fourth-order valence-electron chi connectivity index (χ4n) is 2.23. The standard InChI is InChI=1S/C18H17NO3/c20-18(8-7-14-9-11-21-13-14)19-10-3-5-16-12-15-4-1-2-6-17(15)22-16/h1-2,4,6-9,11-13H,3,5,10H2,(H,19,20). The number of aryl methyl sites for hydroxylation is 1. The first-order chi connectivity index (χ1) is 10.8. The molecule has 2 heterocycles. The zero-order chi connectivity index (χ0) is 15.2. The Morgan fingerprint density at radius 3 is 2.95 bits per heavy atom. The molecule has 0 saturated heterocycles. The van der Waals surface area contributed by atoms with Crippen LogP contribution in [0.15, 0.2) is 63.8 Å². The van der Waals surface area contributed by atoms with Crippen molar-refractivity contribution in [3.8, 4) is 0 Å². The molecule has 0 unspecified atom stereocenters. The van der Waals surface area contributed by atoms with E-state index in [4.69, 9.17) is 8.83 Å². The summed E-state index contributed by atoms with van der Waals surface area (Å²) < 4.78 is 10.7. The lowest BCUT2D eigenvalue weighted by atomic mass is 10.2. The highest BCUT2D eigenvalue weighted by atomic mass is 16.3. The Balaban J connectivity index is 1.42. The van der Waals surface area contributed by atoms with Gasteiger partial charge in [0.25, 0.3) is 0 Å². The molecule has 3 aromatic rings. The molecule has 0 radical (unpaired) electrons. The Labute approximate surface area is 128 Å². The quantitative estimate of drug-likeness (QED) is 0.556. The molecule has 22 heavy (non-hydrogen) atoms. The number of furan rings is 2. The van der Waals surface area contributed by atoms with Gasteiger partial charge in [-0.1, -0.05) is 18.2 Å². The average molecular weight is 295 g/mol. The van der Waals surface area contributed by atoms with Crippen molar-refractivity contribution in [3.05, 3.63) is 66.3 Å². The number of amides is 1. The van der Waals surface area contributed by atoms with E-state index in [-0.39, 0.29) is 5.91 Å². The van der Waals surface area contributed by atoms with E-state index in [9.17, 15) is 4.79 Å². The first-order valence-electron chi connectivity index (χ1n) is 7.27. The second kappa shape index (κ2) is 6.80. The fourth-order valence-corrected chi connectivity index (χ4v) is 2.23. The minimum atomic E-state index is -0.106. The number of hydrogen-bond acceptors (Lipinski definition) is 3. The van der Waals surface area contributed by atoms with Crippen LogP contribution in [-0.2, 0) is 11.2 Å². The first kappa shape index (κ1) is 14.2. The Morgan fingerprint density at radius 1 is 1.23 bits per heavy atom. The predicted molar refractivity (Wildman–Crippen MR) is 85.3 cm³/mol. The van der Waals surface area contributed by atoms with Crippen LogP contribution in [0.2, 0.25) is 0 Å². The smallest absolute Gasteiger partial charge is 0.244 e. The SMILES string of the molecule is O=C(C=Cc1ccoc1)NCCCc1cc2ccccc2o1. The van der Waals surface area contributed by atoms with E-state index in [1.165, 1.54) is 6.08 Å².